The van der Waals surface area contributed by atoms with Crippen LogP contribution in [-0.2, 0) is 0 Å². The minimum absolute atomic E-state index is 0.100. The van der Waals surface area contributed by atoms with E-state index >= 15 is 0 Å². The van der Waals surface area contributed by atoms with Crippen molar-refractivity contribution in [1.29, 1.82) is 0 Å². The molecule has 0 saturated carbocycles. The van der Waals surface area contributed by atoms with E-state index < -0.39 is 0 Å². The number of hydrogen-bond acceptors (Lipinski definition) is 4. The molecule has 2 rings (SSSR count). The minimum atomic E-state index is -0.249. The van der Waals surface area contributed by atoms with E-state index in [-0.39, 0.29) is 17.1 Å². The van der Waals surface area contributed by atoms with Gasteiger partial charge in [-0.05, 0) is 22.9 Å². The van der Waals surface area contributed by atoms with E-state index in [1.165, 1.54) is 6.92 Å². The Balaban J connectivity index is 2.65. The number of benzene rings is 1. The van der Waals surface area contributed by atoms with Crippen LogP contribution in [0.1, 0.15) is 23.7 Å². The topological polar surface area (TPSA) is 55.8 Å². The molecule has 1 aliphatic heterocycles. The van der Waals surface area contributed by atoms with E-state index in [9.17, 15) is 9.90 Å². The number of aromatic hydroxyl groups is 1. The molecule has 0 fully saturated rings. The molecule has 5 heteroatoms. The largest absolute Gasteiger partial charge is 0.506 e. The smallest absolute Gasteiger partial charge is 0.175 e. The molecule has 86 valence electrons. The first-order chi connectivity index (χ1) is 7.61. The zero-order valence-electron chi connectivity index (χ0n) is 8.75. The minimum Gasteiger partial charge on any atom is -0.506 e. The van der Waals surface area contributed by atoms with Gasteiger partial charge in [-0.2, -0.15) is 0 Å². The predicted molar refractivity (Wildman–Crippen MR) is 61.4 cm³/mol. The lowest BCUT2D eigenvalue weighted by atomic mass is 10.1. The summed E-state index contributed by atoms with van der Waals surface area (Å²) < 4.78 is 11.3. The number of phenols is 1. The lowest BCUT2D eigenvalue weighted by molar-refractivity contribution is 0.101. The van der Waals surface area contributed by atoms with Gasteiger partial charge in [-0.1, -0.05) is 0 Å². The van der Waals surface area contributed by atoms with Crippen LogP contribution in [0.15, 0.2) is 10.5 Å². The lowest BCUT2D eigenvalue weighted by Crippen LogP contribution is -2.02. The summed E-state index contributed by atoms with van der Waals surface area (Å²) in [6.45, 7) is 2.41. The highest BCUT2D eigenvalue weighted by molar-refractivity contribution is 9.10. The Labute approximate surface area is 101 Å². The second-order valence-corrected chi connectivity index (χ2v) is 4.37. The van der Waals surface area contributed by atoms with E-state index in [0.29, 0.717) is 29.2 Å². The molecule has 4 nitrogen and oxygen atoms in total. The molecule has 0 unspecified atom stereocenters. The van der Waals surface area contributed by atoms with Crippen LogP contribution in [0.4, 0.5) is 0 Å². The van der Waals surface area contributed by atoms with Crippen LogP contribution in [0.25, 0.3) is 0 Å². The van der Waals surface area contributed by atoms with Gasteiger partial charge in [0, 0.05) is 12.5 Å². The Hall–Kier alpha value is -1.23. The maximum atomic E-state index is 11.5. The van der Waals surface area contributed by atoms with Gasteiger partial charge >= 0.3 is 0 Å². The van der Waals surface area contributed by atoms with Crippen molar-refractivity contribution in [3.8, 4) is 17.2 Å². The average molecular weight is 287 g/mol. The molecule has 1 aromatic carbocycles. The summed E-state index contributed by atoms with van der Waals surface area (Å²) >= 11 is 3.18. The number of rotatable bonds is 1. The molecule has 1 heterocycles. The Morgan fingerprint density at radius 1 is 1.44 bits per heavy atom. The number of halogens is 1. The maximum Gasteiger partial charge on any atom is 0.175 e. The van der Waals surface area contributed by atoms with Gasteiger partial charge in [0.25, 0.3) is 0 Å². The molecule has 16 heavy (non-hydrogen) atoms. The standard InChI is InChI=1S/C11H11BrO4/c1-6(13)9-10(14)7(12)5-8-11(9)16-4-2-3-15-8/h5,14H,2-4H2,1H3. The molecule has 0 atom stereocenters. The molecule has 1 aliphatic rings. The zero-order chi connectivity index (χ0) is 11.7. The van der Waals surface area contributed by atoms with Gasteiger partial charge in [0.2, 0.25) is 0 Å². The molecule has 0 saturated heterocycles. The molecule has 0 aromatic heterocycles. The third-order valence-corrected chi connectivity index (χ3v) is 2.92. The number of fused-ring (bicyclic) bond motifs is 1. The molecule has 0 spiro atoms. The Bertz CT molecular complexity index is 442. The van der Waals surface area contributed by atoms with Gasteiger partial charge in [0.1, 0.15) is 11.3 Å². The number of ketones is 1. The van der Waals surface area contributed by atoms with Gasteiger partial charge in [-0.15, -0.1) is 0 Å². The lowest BCUT2D eigenvalue weighted by Gasteiger charge is -2.13. The number of carbonyl (C=O) groups excluding carboxylic acids is 1. The summed E-state index contributed by atoms with van der Waals surface area (Å²) in [5, 5.41) is 9.81. The molecule has 1 N–H and O–H groups in total. The fourth-order valence-corrected chi connectivity index (χ4v) is 2.00. The highest BCUT2D eigenvalue weighted by Gasteiger charge is 2.23. The fourth-order valence-electron chi connectivity index (χ4n) is 1.59. The molecular formula is C11H11BrO4. The van der Waals surface area contributed by atoms with Crippen LogP contribution in [0.5, 0.6) is 17.2 Å². The number of carbonyl (C=O) groups is 1. The predicted octanol–water partition coefficient (Wildman–Crippen LogP) is 2.52. The van der Waals surface area contributed by atoms with E-state index in [4.69, 9.17) is 9.47 Å². The number of Topliss-reactive ketones (excluding diaryl/α,β-unsaturated/α-hetero) is 1. The Morgan fingerprint density at radius 2 is 2.12 bits per heavy atom. The van der Waals surface area contributed by atoms with Gasteiger partial charge in [0.05, 0.1) is 17.7 Å². The van der Waals surface area contributed by atoms with Crippen molar-refractivity contribution in [2.24, 2.45) is 0 Å². The molecule has 1 aromatic rings. The van der Waals surface area contributed by atoms with E-state index in [1.807, 2.05) is 0 Å². The van der Waals surface area contributed by atoms with Crippen LogP contribution in [-0.4, -0.2) is 24.1 Å². The third-order valence-electron chi connectivity index (χ3n) is 2.32. The van der Waals surface area contributed by atoms with Gasteiger partial charge in [-0.25, -0.2) is 0 Å². The second-order valence-electron chi connectivity index (χ2n) is 3.52. The Kier molecular flexibility index (Phi) is 3.05. The summed E-state index contributed by atoms with van der Waals surface area (Å²) in [6, 6.07) is 1.61. The number of phenolic OH excluding ortho intramolecular Hbond substituents is 1. The van der Waals surface area contributed by atoms with Crippen molar-refractivity contribution in [1.82, 2.24) is 0 Å². The van der Waals surface area contributed by atoms with Gasteiger partial charge < -0.3 is 14.6 Å². The zero-order valence-corrected chi connectivity index (χ0v) is 10.3. The summed E-state index contributed by atoms with van der Waals surface area (Å²) in [4.78, 5) is 11.5. The van der Waals surface area contributed by atoms with Crippen molar-refractivity contribution in [2.75, 3.05) is 13.2 Å². The third kappa shape index (κ3) is 1.87. The van der Waals surface area contributed by atoms with Crippen molar-refractivity contribution in [3.63, 3.8) is 0 Å². The molecular weight excluding hydrogens is 276 g/mol. The first-order valence-electron chi connectivity index (χ1n) is 4.93. The monoisotopic (exact) mass is 286 g/mol. The van der Waals surface area contributed by atoms with Crippen LogP contribution >= 0.6 is 15.9 Å². The van der Waals surface area contributed by atoms with Crippen LogP contribution < -0.4 is 9.47 Å². The van der Waals surface area contributed by atoms with Crippen molar-refractivity contribution in [3.05, 3.63) is 16.1 Å². The number of ether oxygens (including phenoxy) is 2. The van der Waals surface area contributed by atoms with Crippen LogP contribution in [0, 0.1) is 0 Å². The Morgan fingerprint density at radius 3 is 2.81 bits per heavy atom. The second kappa shape index (κ2) is 4.33. The van der Waals surface area contributed by atoms with Crippen molar-refractivity contribution in [2.45, 2.75) is 13.3 Å². The highest BCUT2D eigenvalue weighted by Crippen LogP contribution is 2.43. The van der Waals surface area contributed by atoms with Crippen molar-refractivity contribution >= 4 is 21.7 Å². The summed E-state index contributed by atoms with van der Waals surface area (Å²) in [7, 11) is 0. The number of hydrogen-bond donors (Lipinski definition) is 1. The van der Waals surface area contributed by atoms with Gasteiger partial charge in [-0.3, -0.25) is 4.79 Å². The SMILES string of the molecule is CC(=O)c1c(O)c(Br)cc2c1OCCCO2. The fraction of sp³-hybridized carbons (Fsp3) is 0.364. The molecule has 0 bridgehead atoms. The van der Waals surface area contributed by atoms with Crippen molar-refractivity contribution < 1.29 is 19.4 Å². The van der Waals surface area contributed by atoms with Crippen LogP contribution in [0.3, 0.4) is 0 Å². The van der Waals surface area contributed by atoms with E-state index in [2.05, 4.69) is 15.9 Å². The summed E-state index contributed by atoms with van der Waals surface area (Å²) in [6.07, 6.45) is 0.754. The highest BCUT2D eigenvalue weighted by atomic mass is 79.9. The summed E-state index contributed by atoms with van der Waals surface area (Å²) in [5.74, 6) is 0.482. The van der Waals surface area contributed by atoms with E-state index in [0.717, 1.165) is 6.42 Å². The normalized spacial score (nSPS) is 14.4. The quantitative estimate of drug-likeness (QED) is 0.806. The average Bonchev–Trinajstić information content (AvgIpc) is 2.44. The molecule has 0 amide bonds. The van der Waals surface area contributed by atoms with Crippen LogP contribution in [0.2, 0.25) is 0 Å². The first-order valence-corrected chi connectivity index (χ1v) is 5.72. The van der Waals surface area contributed by atoms with Gasteiger partial charge in [0.15, 0.2) is 17.3 Å². The molecule has 0 aliphatic carbocycles. The first kappa shape index (κ1) is 11.3. The summed E-state index contributed by atoms with van der Waals surface area (Å²) in [5.41, 5.74) is 0.172. The maximum absolute atomic E-state index is 11.5. The molecule has 0 radical (unpaired) electrons. The van der Waals surface area contributed by atoms with E-state index in [1.54, 1.807) is 6.07 Å².